The lowest BCUT2D eigenvalue weighted by Gasteiger charge is -2.28. The van der Waals surface area contributed by atoms with Crippen LogP contribution in [0.3, 0.4) is 0 Å². The molecule has 0 spiro atoms. The first-order valence-electron chi connectivity index (χ1n) is 7.50. The van der Waals surface area contributed by atoms with Crippen LogP contribution in [-0.2, 0) is 11.2 Å². The summed E-state index contributed by atoms with van der Waals surface area (Å²) in [6.07, 6.45) is 5.63. The lowest BCUT2D eigenvalue weighted by molar-refractivity contribution is -0.123. The van der Waals surface area contributed by atoms with E-state index in [2.05, 4.69) is 5.32 Å². The third-order valence-electron chi connectivity index (χ3n) is 4.21. The van der Waals surface area contributed by atoms with Gasteiger partial charge in [0.2, 0.25) is 5.91 Å². The zero-order chi connectivity index (χ0) is 15.3. The Morgan fingerprint density at radius 2 is 1.95 bits per heavy atom. The Labute approximate surface area is 123 Å². The number of carbonyl (C=O) groups excluding carboxylic acids is 1. The molecule has 0 atom stereocenters. The Morgan fingerprint density at radius 1 is 1.24 bits per heavy atom. The zero-order valence-electron chi connectivity index (χ0n) is 12.1. The van der Waals surface area contributed by atoms with Crippen LogP contribution in [0.4, 0.5) is 8.78 Å². The number of hydrogen-bond donors (Lipinski definition) is 2. The van der Waals surface area contributed by atoms with Crippen LogP contribution in [0.1, 0.15) is 44.1 Å². The van der Waals surface area contributed by atoms with Crippen molar-refractivity contribution >= 4 is 5.91 Å². The first-order valence-corrected chi connectivity index (χ1v) is 7.50. The number of rotatable bonds is 6. The van der Waals surface area contributed by atoms with Gasteiger partial charge in [-0.15, -0.1) is 0 Å². The van der Waals surface area contributed by atoms with Crippen LogP contribution in [0, 0.1) is 11.6 Å². The van der Waals surface area contributed by atoms with Crippen molar-refractivity contribution in [1.82, 2.24) is 5.32 Å². The molecule has 116 valence electrons. The molecule has 3 nitrogen and oxygen atoms in total. The Hall–Kier alpha value is -1.49. The number of benzene rings is 1. The highest BCUT2D eigenvalue weighted by Gasteiger charge is 2.33. The minimum Gasteiger partial charge on any atom is -0.349 e. The van der Waals surface area contributed by atoms with Gasteiger partial charge in [0, 0.05) is 13.0 Å². The molecule has 1 aromatic rings. The summed E-state index contributed by atoms with van der Waals surface area (Å²) >= 11 is 0. The molecule has 21 heavy (non-hydrogen) atoms. The second-order valence-corrected chi connectivity index (χ2v) is 5.84. The lowest BCUT2D eigenvalue weighted by atomic mass is 9.97. The van der Waals surface area contributed by atoms with Gasteiger partial charge in [-0.1, -0.05) is 18.9 Å². The van der Waals surface area contributed by atoms with Crippen LogP contribution >= 0.6 is 0 Å². The molecule has 1 amide bonds. The second kappa shape index (κ2) is 6.98. The number of carbonyl (C=O) groups is 1. The quantitative estimate of drug-likeness (QED) is 0.848. The monoisotopic (exact) mass is 296 g/mol. The largest absolute Gasteiger partial charge is 0.349 e. The van der Waals surface area contributed by atoms with Gasteiger partial charge >= 0.3 is 0 Å². The fraction of sp³-hybridized carbons (Fsp3) is 0.562. The van der Waals surface area contributed by atoms with Crippen molar-refractivity contribution in [3.05, 3.63) is 35.4 Å². The van der Waals surface area contributed by atoms with E-state index in [4.69, 9.17) is 5.73 Å². The first kappa shape index (κ1) is 15.9. The number of amides is 1. The summed E-state index contributed by atoms with van der Waals surface area (Å²) in [6.45, 7) is 0.474. The van der Waals surface area contributed by atoms with Crippen molar-refractivity contribution in [2.24, 2.45) is 5.73 Å². The SMILES string of the molecule is NCC1(NC(=O)CCCc2ccc(F)c(F)c2)CCCC1. The minimum absolute atomic E-state index is 0.00932. The molecule has 5 heteroatoms. The summed E-state index contributed by atoms with van der Waals surface area (Å²) in [7, 11) is 0. The van der Waals surface area contributed by atoms with Gasteiger partial charge < -0.3 is 11.1 Å². The molecule has 1 aromatic carbocycles. The molecule has 3 N–H and O–H groups in total. The highest BCUT2D eigenvalue weighted by atomic mass is 19.2. The number of nitrogens with two attached hydrogens (primary N) is 1. The molecule has 0 aromatic heterocycles. The molecule has 0 unspecified atom stereocenters. The number of halogens is 2. The molecular formula is C16H22F2N2O. The van der Waals surface area contributed by atoms with Gasteiger partial charge in [0.25, 0.3) is 0 Å². The van der Waals surface area contributed by atoms with Crippen molar-refractivity contribution in [3.8, 4) is 0 Å². The van der Waals surface area contributed by atoms with E-state index in [0.29, 0.717) is 31.4 Å². The van der Waals surface area contributed by atoms with Gasteiger partial charge in [0.15, 0.2) is 11.6 Å². The maximum atomic E-state index is 13.1. The number of nitrogens with one attached hydrogen (secondary N) is 1. The van der Waals surface area contributed by atoms with Crippen LogP contribution in [-0.4, -0.2) is 18.0 Å². The smallest absolute Gasteiger partial charge is 0.220 e. The van der Waals surface area contributed by atoms with Crippen LogP contribution in [0.15, 0.2) is 18.2 Å². The molecule has 1 aliphatic carbocycles. The average Bonchev–Trinajstić information content (AvgIpc) is 2.92. The summed E-state index contributed by atoms with van der Waals surface area (Å²) in [5, 5.41) is 3.05. The maximum absolute atomic E-state index is 13.1. The normalized spacial score (nSPS) is 16.9. The van der Waals surface area contributed by atoms with Crippen molar-refractivity contribution < 1.29 is 13.6 Å². The summed E-state index contributed by atoms with van der Waals surface area (Å²) in [5.41, 5.74) is 6.26. The van der Waals surface area contributed by atoms with Crippen LogP contribution in [0.5, 0.6) is 0 Å². The van der Waals surface area contributed by atoms with E-state index in [1.807, 2.05) is 0 Å². The fourth-order valence-corrected chi connectivity index (χ4v) is 2.94. The molecule has 1 saturated carbocycles. The van der Waals surface area contributed by atoms with E-state index in [0.717, 1.165) is 31.7 Å². The van der Waals surface area contributed by atoms with Gasteiger partial charge in [-0.3, -0.25) is 4.79 Å². The highest BCUT2D eigenvalue weighted by Crippen LogP contribution is 2.28. The van der Waals surface area contributed by atoms with Gasteiger partial charge in [-0.05, 0) is 43.4 Å². The third-order valence-corrected chi connectivity index (χ3v) is 4.21. The Morgan fingerprint density at radius 3 is 2.57 bits per heavy atom. The van der Waals surface area contributed by atoms with E-state index in [-0.39, 0.29) is 11.4 Å². The fourth-order valence-electron chi connectivity index (χ4n) is 2.94. The van der Waals surface area contributed by atoms with Crippen molar-refractivity contribution in [2.75, 3.05) is 6.54 Å². The molecule has 0 heterocycles. The standard InChI is InChI=1S/C16H22F2N2O/c17-13-7-6-12(10-14(13)18)4-3-5-15(21)20-16(11-19)8-1-2-9-16/h6-7,10H,1-5,8-9,11,19H2,(H,20,21). The molecule has 0 aliphatic heterocycles. The van der Waals surface area contributed by atoms with Crippen LogP contribution in [0.2, 0.25) is 0 Å². The lowest BCUT2D eigenvalue weighted by Crippen LogP contribution is -2.51. The van der Waals surface area contributed by atoms with E-state index < -0.39 is 11.6 Å². The van der Waals surface area contributed by atoms with Crippen molar-refractivity contribution in [1.29, 1.82) is 0 Å². The molecule has 0 bridgehead atoms. The Bertz CT molecular complexity index is 499. The summed E-state index contributed by atoms with van der Waals surface area (Å²) < 4.78 is 25.9. The van der Waals surface area contributed by atoms with Gasteiger partial charge in [-0.25, -0.2) is 8.78 Å². The van der Waals surface area contributed by atoms with Crippen LogP contribution < -0.4 is 11.1 Å². The highest BCUT2D eigenvalue weighted by molar-refractivity contribution is 5.76. The van der Waals surface area contributed by atoms with Gasteiger partial charge in [-0.2, -0.15) is 0 Å². The van der Waals surface area contributed by atoms with Crippen LogP contribution in [0.25, 0.3) is 0 Å². The van der Waals surface area contributed by atoms with Gasteiger partial charge in [0.1, 0.15) is 0 Å². The summed E-state index contributed by atoms with van der Waals surface area (Å²) in [4.78, 5) is 12.0. The number of aryl methyl sites for hydroxylation is 1. The van der Waals surface area contributed by atoms with Gasteiger partial charge in [0.05, 0.1) is 5.54 Å². The predicted octanol–water partition coefficient (Wildman–Crippen LogP) is 2.68. The first-order chi connectivity index (χ1) is 10.0. The van der Waals surface area contributed by atoms with Crippen molar-refractivity contribution in [2.45, 2.75) is 50.5 Å². The van der Waals surface area contributed by atoms with E-state index in [9.17, 15) is 13.6 Å². The summed E-state index contributed by atoms with van der Waals surface area (Å²) in [6, 6.07) is 3.85. The zero-order valence-corrected chi connectivity index (χ0v) is 12.1. The molecule has 0 radical (unpaired) electrons. The molecular weight excluding hydrogens is 274 g/mol. The predicted molar refractivity (Wildman–Crippen MR) is 77.7 cm³/mol. The van der Waals surface area contributed by atoms with Crippen molar-refractivity contribution in [3.63, 3.8) is 0 Å². The topological polar surface area (TPSA) is 55.1 Å². The molecule has 1 fully saturated rings. The summed E-state index contributed by atoms with van der Waals surface area (Å²) in [5.74, 6) is -1.70. The second-order valence-electron chi connectivity index (χ2n) is 5.84. The molecule has 2 rings (SSSR count). The molecule has 0 saturated heterocycles. The Balaban J connectivity index is 1.77. The van der Waals surface area contributed by atoms with E-state index in [1.165, 1.54) is 6.07 Å². The third kappa shape index (κ3) is 4.24. The maximum Gasteiger partial charge on any atom is 0.220 e. The average molecular weight is 296 g/mol. The Kier molecular flexibility index (Phi) is 5.28. The van der Waals surface area contributed by atoms with E-state index >= 15 is 0 Å². The molecule has 1 aliphatic rings. The minimum atomic E-state index is -0.845. The number of hydrogen-bond acceptors (Lipinski definition) is 2. The van der Waals surface area contributed by atoms with E-state index in [1.54, 1.807) is 6.07 Å².